The molecule has 0 amide bonds. The van der Waals surface area contributed by atoms with Crippen LogP contribution in [0.4, 0.5) is 5.69 Å². The quantitative estimate of drug-likeness (QED) is 0.465. The minimum absolute atomic E-state index is 0.0883. The molecule has 2 atom stereocenters. The normalized spacial score (nSPS) is 19.4. The lowest BCUT2D eigenvalue weighted by atomic mass is 9.86. The molecule has 0 aromatic carbocycles. The number of rotatable bonds is 6. The fourth-order valence-electron chi connectivity index (χ4n) is 3.36. The summed E-state index contributed by atoms with van der Waals surface area (Å²) in [5, 5.41) is 0.947. The van der Waals surface area contributed by atoms with Gasteiger partial charge in [-0.1, -0.05) is 20.8 Å². The molecule has 8 nitrogen and oxygen atoms in total. The van der Waals surface area contributed by atoms with Crippen molar-refractivity contribution in [3.63, 3.8) is 0 Å². The number of nitrogen functional groups attached to an aromatic ring is 1. The number of anilines is 1. The summed E-state index contributed by atoms with van der Waals surface area (Å²) >= 11 is 0. The molecule has 0 saturated carbocycles. The maximum Gasteiger partial charge on any atom is 0.248 e. The van der Waals surface area contributed by atoms with E-state index in [9.17, 15) is 4.79 Å². The number of ether oxygens (including phenoxy) is 1. The Kier molecular flexibility index (Phi) is 5.44. The van der Waals surface area contributed by atoms with E-state index in [4.69, 9.17) is 14.9 Å². The number of carbonyl (C=O) groups excluding carboxylic acids is 1. The van der Waals surface area contributed by atoms with Crippen molar-refractivity contribution < 1.29 is 14.0 Å². The lowest BCUT2D eigenvalue weighted by molar-refractivity contribution is -0.213. The predicted octanol–water partition coefficient (Wildman–Crippen LogP) is 3.42. The van der Waals surface area contributed by atoms with Gasteiger partial charge in [0.2, 0.25) is 21.4 Å². The second-order valence-electron chi connectivity index (χ2n) is 9.39. The van der Waals surface area contributed by atoms with Crippen LogP contribution in [0.2, 0.25) is 5.04 Å². The molecule has 2 radical (unpaired) electrons. The Hall–Kier alpha value is -2.62. The fourth-order valence-corrected chi connectivity index (χ4v) is 4.08. The molecule has 2 N–H and O–H groups in total. The van der Waals surface area contributed by atoms with Crippen LogP contribution >= 0.6 is 0 Å². The summed E-state index contributed by atoms with van der Waals surface area (Å²) in [4.78, 5) is 25.7. The molecule has 0 spiro atoms. The van der Waals surface area contributed by atoms with E-state index >= 15 is 0 Å². The second-order valence-corrected chi connectivity index (χ2v) is 11.3. The van der Waals surface area contributed by atoms with Crippen molar-refractivity contribution in [1.29, 1.82) is 0 Å². The number of hydrogen-bond acceptors (Lipinski definition) is 7. The zero-order valence-electron chi connectivity index (χ0n) is 18.4. The highest BCUT2D eigenvalue weighted by Crippen LogP contribution is 2.42. The van der Waals surface area contributed by atoms with Crippen molar-refractivity contribution in [2.24, 2.45) is 5.92 Å². The van der Waals surface area contributed by atoms with Crippen molar-refractivity contribution in [2.75, 3.05) is 12.3 Å². The molecule has 1 aliphatic rings. The van der Waals surface area contributed by atoms with Crippen molar-refractivity contribution >= 4 is 32.3 Å². The number of nitrogens with zero attached hydrogens (tertiary/aromatic N) is 4. The zero-order valence-corrected chi connectivity index (χ0v) is 19.4. The topological polar surface area (TPSA) is 105 Å². The van der Waals surface area contributed by atoms with Gasteiger partial charge in [0.25, 0.3) is 0 Å². The van der Waals surface area contributed by atoms with Gasteiger partial charge in [-0.25, -0.2) is 9.97 Å². The number of aromatic nitrogens is 4. The first-order valence-corrected chi connectivity index (χ1v) is 11.1. The number of hydrogen-bond donors (Lipinski definition) is 1. The number of nitrogens with two attached hydrogens (primary N) is 1. The Bertz CT molecular complexity index is 1100. The van der Waals surface area contributed by atoms with E-state index in [1.807, 2.05) is 16.8 Å². The van der Waals surface area contributed by atoms with Crippen LogP contribution < -0.4 is 5.73 Å². The molecule has 0 bridgehead atoms. The lowest BCUT2D eigenvalue weighted by Crippen LogP contribution is -2.51. The van der Waals surface area contributed by atoms with Gasteiger partial charge in [0, 0.05) is 17.8 Å². The van der Waals surface area contributed by atoms with Crippen LogP contribution in [0, 0.1) is 5.92 Å². The average molecular weight is 438 g/mol. The molecule has 0 aliphatic carbocycles. The molecule has 3 aromatic heterocycles. The van der Waals surface area contributed by atoms with Gasteiger partial charge in [0.05, 0.1) is 30.0 Å². The highest BCUT2D eigenvalue weighted by Gasteiger charge is 2.46. The summed E-state index contributed by atoms with van der Waals surface area (Å²) < 4.78 is 14.2. The average Bonchev–Trinajstić information content (AvgIpc) is 3.08. The van der Waals surface area contributed by atoms with Crippen LogP contribution in [-0.4, -0.2) is 47.3 Å². The summed E-state index contributed by atoms with van der Waals surface area (Å²) in [5.41, 5.74) is 6.70. The minimum atomic E-state index is -0.356. The summed E-state index contributed by atoms with van der Waals surface area (Å²) in [6.07, 6.45) is 4.81. The van der Waals surface area contributed by atoms with Crippen LogP contribution in [0.3, 0.4) is 0 Å². The number of ketones is 1. The minimum Gasteiger partial charge on any atom is -0.411 e. The first-order chi connectivity index (χ1) is 14.5. The number of fused-ring (bicyclic) bond motifs is 1. The van der Waals surface area contributed by atoms with Crippen LogP contribution in [0.5, 0.6) is 0 Å². The maximum absolute atomic E-state index is 12.8. The first kappa shape index (κ1) is 21.6. The maximum atomic E-state index is 12.8. The number of carbonyl (C=O) groups is 1. The molecule has 162 valence electrons. The second kappa shape index (κ2) is 7.81. The van der Waals surface area contributed by atoms with Gasteiger partial charge >= 0.3 is 0 Å². The number of pyridine rings is 1. The zero-order chi connectivity index (χ0) is 22.4. The molecule has 3 aromatic rings. The van der Waals surface area contributed by atoms with Crippen molar-refractivity contribution in [1.82, 2.24) is 19.5 Å². The van der Waals surface area contributed by atoms with Crippen molar-refractivity contribution in [3.05, 3.63) is 48.3 Å². The molecule has 1 saturated heterocycles. The van der Waals surface area contributed by atoms with E-state index in [1.54, 1.807) is 18.3 Å². The van der Waals surface area contributed by atoms with Gasteiger partial charge in [0.15, 0.2) is 0 Å². The molecule has 1 fully saturated rings. The Morgan fingerprint density at radius 2 is 1.97 bits per heavy atom. The van der Waals surface area contributed by atoms with E-state index in [0.717, 1.165) is 5.39 Å². The van der Waals surface area contributed by atoms with Crippen LogP contribution in [-0.2, 0) is 9.16 Å². The predicted molar refractivity (Wildman–Crippen MR) is 119 cm³/mol. The van der Waals surface area contributed by atoms with E-state index < -0.39 is 0 Å². The molecule has 9 heteroatoms. The van der Waals surface area contributed by atoms with Crippen molar-refractivity contribution in [3.8, 4) is 0 Å². The van der Waals surface area contributed by atoms with Crippen molar-refractivity contribution in [2.45, 2.75) is 51.5 Å². The van der Waals surface area contributed by atoms with Gasteiger partial charge in [-0.2, -0.15) is 0 Å². The lowest BCUT2D eigenvalue weighted by Gasteiger charge is -2.47. The monoisotopic (exact) mass is 437 g/mol. The van der Waals surface area contributed by atoms with Crippen LogP contribution in [0.1, 0.15) is 57.2 Å². The molecular weight excluding hydrogens is 410 g/mol. The highest BCUT2D eigenvalue weighted by molar-refractivity contribution is 6.31. The third-order valence-electron chi connectivity index (χ3n) is 5.26. The third-order valence-corrected chi connectivity index (χ3v) is 6.50. The third kappa shape index (κ3) is 4.39. The van der Waals surface area contributed by atoms with Gasteiger partial charge in [-0.15, -0.1) is 0 Å². The molecule has 2 unspecified atom stereocenters. The van der Waals surface area contributed by atoms with E-state index in [-0.39, 0.29) is 40.1 Å². The fraction of sp³-hybridized carbons (Fsp3) is 0.455. The Labute approximate surface area is 184 Å². The molecule has 1 aliphatic heterocycles. The first-order valence-electron chi connectivity index (χ1n) is 10.2. The Balaban J connectivity index is 1.60. The SMILES string of the molecule is CC(C)(C)[Si]OC(C)(C)C1COC1n1ccc2cnc(C(=O)c3ccc(N)cn3)nc21. The van der Waals surface area contributed by atoms with E-state index in [2.05, 4.69) is 49.6 Å². The molecular formula is C22H27N5O3Si. The highest BCUT2D eigenvalue weighted by atomic mass is 28.2. The molecule has 4 rings (SSSR count). The standard InChI is InChI=1S/C22H27N5O3Si/c1-21(2,3)31-30-22(4,5)15-12-29-20(15)27-9-8-13-10-25-18(26-19(13)27)17(28)16-7-6-14(23)11-24-16/h6-11,15,20H,12,23H2,1-5H3. The molecule has 4 heterocycles. The van der Waals surface area contributed by atoms with Crippen LogP contribution in [0.25, 0.3) is 11.0 Å². The Morgan fingerprint density at radius 1 is 1.19 bits per heavy atom. The summed E-state index contributed by atoms with van der Waals surface area (Å²) in [5.74, 6) is -0.105. The van der Waals surface area contributed by atoms with Crippen LogP contribution in [0.15, 0.2) is 36.8 Å². The van der Waals surface area contributed by atoms with Gasteiger partial charge in [0.1, 0.15) is 17.6 Å². The van der Waals surface area contributed by atoms with E-state index in [0.29, 0.717) is 27.7 Å². The summed E-state index contributed by atoms with van der Waals surface area (Å²) in [6.45, 7) is 11.3. The van der Waals surface area contributed by atoms with E-state index in [1.165, 1.54) is 6.20 Å². The Morgan fingerprint density at radius 3 is 2.58 bits per heavy atom. The smallest absolute Gasteiger partial charge is 0.248 e. The summed E-state index contributed by atoms with van der Waals surface area (Å²) in [7, 11) is 0.385. The van der Waals surface area contributed by atoms with Gasteiger partial charge in [-0.3, -0.25) is 9.78 Å². The van der Waals surface area contributed by atoms with Gasteiger partial charge in [-0.05, 0) is 37.1 Å². The molecule has 31 heavy (non-hydrogen) atoms. The summed E-state index contributed by atoms with van der Waals surface area (Å²) in [6, 6.07) is 5.13. The largest absolute Gasteiger partial charge is 0.411 e. The van der Waals surface area contributed by atoms with Gasteiger partial charge < -0.3 is 19.5 Å².